The van der Waals surface area contributed by atoms with Gasteiger partial charge < -0.3 is 28.1 Å². The summed E-state index contributed by atoms with van der Waals surface area (Å²) in [5.74, 6) is 0. The molecule has 7 atom stereocenters. The van der Waals surface area contributed by atoms with E-state index in [1.54, 1.807) is 0 Å². The summed E-state index contributed by atoms with van der Waals surface area (Å²) in [4.78, 5) is 0. The molecule has 154 valence electrons. The summed E-state index contributed by atoms with van der Waals surface area (Å²) in [7, 11) is -2.03. The molecule has 4 bridgehead atoms. The van der Waals surface area contributed by atoms with Gasteiger partial charge in [-0.2, -0.15) is 0 Å². The summed E-state index contributed by atoms with van der Waals surface area (Å²) in [5, 5.41) is 0.0934. The smallest absolute Gasteiger partial charge is 0.273 e. The lowest BCUT2D eigenvalue weighted by Gasteiger charge is -2.60. The van der Waals surface area contributed by atoms with E-state index in [-0.39, 0.29) is 35.6 Å². The Morgan fingerprint density at radius 1 is 1.04 bits per heavy atom. The first kappa shape index (κ1) is 19.2. The number of hydrogen-bond donors (Lipinski definition) is 0. The minimum Gasteiger partial charge on any atom is -0.408 e. The van der Waals surface area contributed by atoms with Gasteiger partial charge in [0.1, 0.15) is 36.1 Å². The third-order valence-corrected chi connectivity index (χ3v) is 11.5. The molecule has 4 saturated heterocycles. The van der Waals surface area contributed by atoms with Gasteiger partial charge in [0, 0.05) is 0 Å². The Morgan fingerprint density at radius 2 is 1.68 bits per heavy atom. The van der Waals surface area contributed by atoms with E-state index >= 15 is 0 Å². The topological polar surface area (TPSA) is 58.7 Å². The van der Waals surface area contributed by atoms with E-state index in [0.29, 0.717) is 13.2 Å². The van der Waals surface area contributed by atoms with Crippen LogP contribution in [-0.2, 0) is 34.7 Å². The minimum atomic E-state index is -2.03. The van der Waals surface area contributed by atoms with E-state index in [1.165, 1.54) is 0 Å². The predicted octanol–water partition coefficient (Wildman–Crippen LogP) is 3.21. The van der Waals surface area contributed by atoms with Crippen LogP contribution in [0.25, 0.3) is 0 Å². The molecule has 5 fully saturated rings. The maximum atomic E-state index is 6.81. The van der Waals surface area contributed by atoms with Crippen molar-refractivity contribution in [3.8, 4) is 0 Å². The van der Waals surface area contributed by atoms with Crippen molar-refractivity contribution < 1.29 is 28.1 Å². The fraction of sp³-hybridized carbons (Fsp3) is 0.714. The van der Waals surface area contributed by atoms with E-state index in [9.17, 15) is 0 Å². The van der Waals surface area contributed by atoms with Crippen LogP contribution in [0.15, 0.2) is 30.3 Å². The minimum absolute atomic E-state index is 0.0934. The SMILES string of the molecule is CC(C)(C)[Si](C)(C)O[C@@H]1[C@H]2O[C@H]3O[C@@H]([C@@H]2OCc2ccccc2)[C@@]2(CO2)[C@H]1O3. The van der Waals surface area contributed by atoms with Crippen molar-refractivity contribution in [1.82, 2.24) is 0 Å². The molecule has 0 N–H and O–H groups in total. The van der Waals surface area contributed by atoms with Gasteiger partial charge in [0.2, 0.25) is 0 Å². The molecule has 4 aliphatic heterocycles. The van der Waals surface area contributed by atoms with Gasteiger partial charge in [0.15, 0.2) is 8.32 Å². The van der Waals surface area contributed by atoms with Gasteiger partial charge in [-0.1, -0.05) is 51.1 Å². The number of rotatable bonds is 5. The molecule has 1 saturated carbocycles. The molecule has 0 unspecified atom stereocenters. The second-order valence-corrected chi connectivity index (χ2v) is 14.6. The van der Waals surface area contributed by atoms with Crippen molar-refractivity contribution in [2.75, 3.05) is 6.61 Å². The highest BCUT2D eigenvalue weighted by Gasteiger charge is 2.76. The summed E-state index contributed by atoms with van der Waals surface area (Å²) in [6.45, 7) is 11.7. The van der Waals surface area contributed by atoms with Crippen molar-refractivity contribution in [2.45, 2.75) is 88.1 Å². The number of ether oxygens (including phenoxy) is 5. The Labute approximate surface area is 167 Å². The molecule has 28 heavy (non-hydrogen) atoms. The van der Waals surface area contributed by atoms with Crippen molar-refractivity contribution >= 4 is 8.32 Å². The maximum absolute atomic E-state index is 6.81. The summed E-state index contributed by atoms with van der Waals surface area (Å²) in [6, 6.07) is 10.2. The summed E-state index contributed by atoms with van der Waals surface area (Å²) in [6.07, 6.45) is -1.01. The average Bonchev–Trinajstić information content (AvgIpc) is 3.42. The van der Waals surface area contributed by atoms with Crippen molar-refractivity contribution in [3.63, 3.8) is 0 Å². The highest BCUT2D eigenvalue weighted by atomic mass is 28.4. The average molecular weight is 407 g/mol. The maximum Gasteiger partial charge on any atom is 0.273 e. The first-order valence-electron chi connectivity index (χ1n) is 10.1. The molecule has 1 aliphatic carbocycles. The molecule has 6 rings (SSSR count). The molecular weight excluding hydrogens is 376 g/mol. The van der Waals surface area contributed by atoms with E-state index in [1.807, 2.05) is 18.2 Å². The van der Waals surface area contributed by atoms with Crippen LogP contribution in [0.2, 0.25) is 18.1 Å². The van der Waals surface area contributed by atoms with Gasteiger partial charge in [-0.25, -0.2) is 0 Å². The van der Waals surface area contributed by atoms with E-state index in [0.717, 1.165) is 5.56 Å². The number of hydrogen-bond acceptors (Lipinski definition) is 6. The van der Waals surface area contributed by atoms with Gasteiger partial charge in [-0.3, -0.25) is 0 Å². The number of epoxide rings is 1. The van der Waals surface area contributed by atoms with E-state index in [4.69, 9.17) is 28.1 Å². The molecule has 0 aromatic heterocycles. The summed E-state index contributed by atoms with van der Waals surface area (Å²) >= 11 is 0. The molecule has 0 radical (unpaired) electrons. The lowest BCUT2D eigenvalue weighted by Crippen LogP contribution is -2.78. The van der Waals surface area contributed by atoms with Crippen molar-refractivity contribution in [3.05, 3.63) is 35.9 Å². The Morgan fingerprint density at radius 3 is 2.29 bits per heavy atom. The third-order valence-electron chi connectivity index (χ3n) is 6.99. The van der Waals surface area contributed by atoms with Gasteiger partial charge in [0.25, 0.3) is 6.48 Å². The van der Waals surface area contributed by atoms with Crippen LogP contribution in [-0.4, -0.2) is 57.5 Å². The Kier molecular flexibility index (Phi) is 4.35. The number of benzene rings is 1. The van der Waals surface area contributed by atoms with Crippen LogP contribution in [0.4, 0.5) is 0 Å². The van der Waals surface area contributed by atoms with E-state index in [2.05, 4.69) is 46.0 Å². The fourth-order valence-corrected chi connectivity index (χ4v) is 5.55. The molecular formula is C21H30O6Si. The lowest BCUT2D eigenvalue weighted by molar-refractivity contribution is -0.479. The zero-order valence-corrected chi connectivity index (χ0v) is 18.2. The molecule has 1 spiro atoms. The molecule has 7 heteroatoms. The summed E-state index contributed by atoms with van der Waals surface area (Å²) in [5.41, 5.74) is 0.658. The Hall–Kier alpha value is -0.803. The van der Waals surface area contributed by atoms with E-state index < -0.39 is 20.4 Å². The Bertz CT molecular complexity index is 728. The van der Waals surface area contributed by atoms with Gasteiger partial charge in [0.05, 0.1) is 13.2 Å². The zero-order chi connectivity index (χ0) is 19.7. The lowest BCUT2D eigenvalue weighted by atomic mass is 9.76. The molecule has 5 aliphatic rings. The van der Waals surface area contributed by atoms with Crippen molar-refractivity contribution in [2.24, 2.45) is 0 Å². The second kappa shape index (κ2) is 6.35. The molecule has 1 aromatic carbocycles. The first-order chi connectivity index (χ1) is 13.2. The van der Waals surface area contributed by atoms with Crippen LogP contribution in [0.3, 0.4) is 0 Å². The second-order valence-electron chi connectivity index (χ2n) is 9.85. The molecule has 1 aromatic rings. The van der Waals surface area contributed by atoms with Gasteiger partial charge in [-0.05, 0) is 23.7 Å². The highest BCUT2D eigenvalue weighted by Crippen LogP contribution is 2.55. The normalized spacial score (nSPS) is 41.6. The zero-order valence-electron chi connectivity index (χ0n) is 17.2. The monoisotopic (exact) mass is 406 g/mol. The van der Waals surface area contributed by atoms with Crippen LogP contribution in [0.1, 0.15) is 26.3 Å². The third kappa shape index (κ3) is 2.91. The first-order valence-corrected chi connectivity index (χ1v) is 13.1. The largest absolute Gasteiger partial charge is 0.408 e. The standard InChI is InChI=1S/C21H30O6Si/c1-20(2,3)28(4,5)27-16-14-15(22-11-13-9-7-6-8-10-13)17-21(12-23-21)18(16)26-19(24-14)25-17/h6-10,14-19H,11-12H2,1-5H3/t14-,15+,16+,17-,18-,19-,21-/m0/s1. The predicted molar refractivity (Wildman–Crippen MR) is 104 cm³/mol. The molecule has 0 amide bonds. The quantitative estimate of drug-likeness (QED) is 0.553. The fourth-order valence-electron chi connectivity index (χ4n) is 4.26. The van der Waals surface area contributed by atoms with Gasteiger partial charge in [-0.15, -0.1) is 0 Å². The van der Waals surface area contributed by atoms with Crippen LogP contribution >= 0.6 is 0 Å². The Balaban J connectivity index is 1.41. The molecule has 4 heterocycles. The van der Waals surface area contributed by atoms with Crippen LogP contribution in [0, 0.1) is 0 Å². The van der Waals surface area contributed by atoms with Gasteiger partial charge >= 0.3 is 0 Å². The summed E-state index contributed by atoms with van der Waals surface area (Å²) < 4.78 is 37.3. The highest BCUT2D eigenvalue weighted by molar-refractivity contribution is 6.74. The van der Waals surface area contributed by atoms with Crippen LogP contribution < -0.4 is 0 Å². The molecule has 6 nitrogen and oxygen atoms in total. The van der Waals surface area contributed by atoms with Crippen molar-refractivity contribution in [1.29, 1.82) is 0 Å². The van der Waals surface area contributed by atoms with Crippen LogP contribution in [0.5, 0.6) is 0 Å².